The third-order valence-corrected chi connectivity index (χ3v) is 4.52. The Labute approximate surface area is 154 Å². The van der Waals surface area contributed by atoms with Gasteiger partial charge in [0, 0.05) is 23.2 Å². The number of benzene rings is 2. The fourth-order valence-corrected chi connectivity index (χ4v) is 3.02. The molecule has 0 unspecified atom stereocenters. The fourth-order valence-electron chi connectivity index (χ4n) is 3.02. The number of hydrogen-bond acceptors (Lipinski definition) is 3. The van der Waals surface area contributed by atoms with E-state index in [0.29, 0.717) is 11.1 Å². The van der Waals surface area contributed by atoms with E-state index in [1.165, 1.54) is 18.4 Å². The van der Waals surface area contributed by atoms with Crippen molar-refractivity contribution in [2.45, 2.75) is 26.3 Å². The summed E-state index contributed by atoms with van der Waals surface area (Å²) in [5.74, 6) is 0.0429. The molecule has 1 aromatic heterocycles. The summed E-state index contributed by atoms with van der Waals surface area (Å²) in [7, 11) is 2.13. The van der Waals surface area contributed by atoms with Gasteiger partial charge in [0.05, 0.1) is 11.9 Å². The average Bonchev–Trinajstić information content (AvgIpc) is 3.14. The molecule has 1 heterocycles. The van der Waals surface area contributed by atoms with Crippen LogP contribution in [0.5, 0.6) is 0 Å². The van der Waals surface area contributed by atoms with Crippen molar-refractivity contribution in [2.75, 3.05) is 13.6 Å². The minimum atomic E-state index is 0.0429. The number of nitrogens with one attached hydrogen (secondary N) is 1. The first-order valence-electron chi connectivity index (χ1n) is 9.10. The SMILES string of the molecule is CCCCN(C)Cc1cn[nH]c1-c1ccc(C(=O)c2ccccc2)cc1. The highest BCUT2D eigenvalue weighted by Crippen LogP contribution is 2.23. The molecule has 0 saturated heterocycles. The maximum atomic E-state index is 12.5. The van der Waals surface area contributed by atoms with Crippen molar-refractivity contribution < 1.29 is 4.79 Å². The van der Waals surface area contributed by atoms with E-state index in [1.807, 2.05) is 60.8 Å². The molecule has 26 heavy (non-hydrogen) atoms. The highest BCUT2D eigenvalue weighted by Gasteiger charge is 2.12. The minimum absolute atomic E-state index is 0.0429. The molecule has 0 spiro atoms. The molecule has 4 heteroatoms. The van der Waals surface area contributed by atoms with Crippen LogP contribution in [0.4, 0.5) is 0 Å². The zero-order valence-corrected chi connectivity index (χ0v) is 15.4. The van der Waals surface area contributed by atoms with Crippen molar-refractivity contribution in [1.29, 1.82) is 0 Å². The van der Waals surface area contributed by atoms with Gasteiger partial charge in [0.25, 0.3) is 0 Å². The summed E-state index contributed by atoms with van der Waals surface area (Å²) in [5, 5.41) is 7.32. The standard InChI is InChI=1S/C22H25N3O/c1-3-4-14-25(2)16-20-15-23-24-21(20)17-10-12-19(13-11-17)22(26)18-8-6-5-7-9-18/h5-13,15H,3-4,14,16H2,1-2H3,(H,23,24). The van der Waals surface area contributed by atoms with Crippen molar-refractivity contribution in [2.24, 2.45) is 0 Å². The zero-order chi connectivity index (χ0) is 18.4. The summed E-state index contributed by atoms with van der Waals surface area (Å²) in [6.07, 6.45) is 4.28. The summed E-state index contributed by atoms with van der Waals surface area (Å²) in [6, 6.07) is 17.1. The van der Waals surface area contributed by atoms with Crippen LogP contribution in [-0.2, 0) is 6.54 Å². The van der Waals surface area contributed by atoms with E-state index in [1.54, 1.807) is 0 Å². The first kappa shape index (κ1) is 18.1. The van der Waals surface area contributed by atoms with E-state index in [0.717, 1.165) is 24.3 Å². The largest absolute Gasteiger partial charge is 0.302 e. The third-order valence-electron chi connectivity index (χ3n) is 4.52. The molecule has 2 aromatic carbocycles. The lowest BCUT2D eigenvalue weighted by molar-refractivity contribution is 0.103. The Morgan fingerprint density at radius 2 is 1.73 bits per heavy atom. The van der Waals surface area contributed by atoms with Gasteiger partial charge in [0.15, 0.2) is 5.78 Å². The number of ketones is 1. The number of aromatic nitrogens is 2. The number of aromatic amines is 1. The highest BCUT2D eigenvalue weighted by molar-refractivity contribution is 6.09. The van der Waals surface area contributed by atoms with Gasteiger partial charge in [-0.25, -0.2) is 0 Å². The van der Waals surface area contributed by atoms with E-state index >= 15 is 0 Å². The Bertz CT molecular complexity index is 837. The molecule has 4 nitrogen and oxygen atoms in total. The monoisotopic (exact) mass is 347 g/mol. The lowest BCUT2D eigenvalue weighted by atomic mass is 10.0. The molecule has 0 aliphatic heterocycles. The van der Waals surface area contributed by atoms with Crippen molar-refractivity contribution in [3.05, 3.63) is 77.5 Å². The van der Waals surface area contributed by atoms with Crippen LogP contribution in [0.2, 0.25) is 0 Å². The van der Waals surface area contributed by atoms with Crippen LogP contribution < -0.4 is 0 Å². The van der Waals surface area contributed by atoms with Gasteiger partial charge < -0.3 is 4.90 Å². The Balaban J connectivity index is 1.75. The number of carbonyl (C=O) groups is 1. The maximum absolute atomic E-state index is 12.5. The van der Waals surface area contributed by atoms with Gasteiger partial charge >= 0.3 is 0 Å². The van der Waals surface area contributed by atoms with Crippen LogP contribution in [-0.4, -0.2) is 34.5 Å². The summed E-state index contributed by atoms with van der Waals surface area (Å²) in [4.78, 5) is 14.8. The summed E-state index contributed by atoms with van der Waals surface area (Å²) in [5.41, 5.74) is 4.64. The number of unbranched alkanes of at least 4 members (excludes halogenated alkanes) is 1. The number of H-pyrrole nitrogens is 1. The van der Waals surface area contributed by atoms with E-state index in [4.69, 9.17) is 0 Å². The van der Waals surface area contributed by atoms with E-state index in [-0.39, 0.29) is 5.78 Å². The molecular formula is C22H25N3O. The van der Waals surface area contributed by atoms with Crippen molar-refractivity contribution in [3.63, 3.8) is 0 Å². The second-order valence-corrected chi connectivity index (χ2v) is 6.63. The summed E-state index contributed by atoms with van der Waals surface area (Å²) >= 11 is 0. The van der Waals surface area contributed by atoms with Crippen LogP contribution in [0.3, 0.4) is 0 Å². The van der Waals surface area contributed by atoms with Gasteiger partial charge in [-0.3, -0.25) is 9.89 Å². The second-order valence-electron chi connectivity index (χ2n) is 6.63. The van der Waals surface area contributed by atoms with Gasteiger partial charge in [-0.1, -0.05) is 67.9 Å². The molecule has 0 aliphatic rings. The number of nitrogens with zero attached hydrogens (tertiary/aromatic N) is 2. The van der Waals surface area contributed by atoms with E-state index in [2.05, 4.69) is 29.1 Å². The lowest BCUT2D eigenvalue weighted by Gasteiger charge is -2.16. The molecule has 3 aromatic rings. The quantitative estimate of drug-likeness (QED) is 0.609. The normalized spacial score (nSPS) is 11.0. The molecule has 0 aliphatic carbocycles. The second kappa shape index (κ2) is 8.59. The fraction of sp³-hybridized carbons (Fsp3) is 0.273. The van der Waals surface area contributed by atoms with Crippen LogP contribution in [0.25, 0.3) is 11.3 Å². The molecule has 3 rings (SSSR count). The maximum Gasteiger partial charge on any atom is 0.193 e. The first-order valence-corrected chi connectivity index (χ1v) is 9.10. The number of carbonyl (C=O) groups excluding carboxylic acids is 1. The van der Waals surface area contributed by atoms with Crippen LogP contribution in [0.1, 0.15) is 41.3 Å². The van der Waals surface area contributed by atoms with Gasteiger partial charge in [0.2, 0.25) is 0 Å². The molecule has 0 radical (unpaired) electrons. The molecule has 0 fully saturated rings. The molecule has 0 amide bonds. The zero-order valence-electron chi connectivity index (χ0n) is 15.4. The summed E-state index contributed by atoms with van der Waals surface area (Å²) < 4.78 is 0. The highest BCUT2D eigenvalue weighted by atomic mass is 16.1. The van der Waals surface area contributed by atoms with Gasteiger partial charge in [0.1, 0.15) is 0 Å². The predicted molar refractivity (Wildman–Crippen MR) is 105 cm³/mol. The molecular weight excluding hydrogens is 322 g/mol. The number of hydrogen-bond donors (Lipinski definition) is 1. The van der Waals surface area contributed by atoms with Gasteiger partial charge in [-0.05, 0) is 25.6 Å². The predicted octanol–water partition coefficient (Wildman–Crippen LogP) is 4.54. The molecule has 0 saturated carbocycles. The third kappa shape index (κ3) is 4.27. The average molecular weight is 347 g/mol. The van der Waals surface area contributed by atoms with Crippen LogP contribution in [0, 0.1) is 0 Å². The number of rotatable bonds is 8. The van der Waals surface area contributed by atoms with Crippen LogP contribution >= 0.6 is 0 Å². The van der Waals surface area contributed by atoms with E-state index in [9.17, 15) is 4.79 Å². The Kier molecular flexibility index (Phi) is 5.97. The molecule has 0 atom stereocenters. The van der Waals surface area contributed by atoms with Crippen LogP contribution in [0.15, 0.2) is 60.8 Å². The molecule has 134 valence electrons. The smallest absolute Gasteiger partial charge is 0.193 e. The Morgan fingerprint density at radius 3 is 2.42 bits per heavy atom. The van der Waals surface area contributed by atoms with Crippen molar-refractivity contribution >= 4 is 5.78 Å². The Morgan fingerprint density at radius 1 is 1.04 bits per heavy atom. The summed E-state index contributed by atoms with van der Waals surface area (Å²) in [6.45, 7) is 4.14. The van der Waals surface area contributed by atoms with Gasteiger partial charge in [-0.15, -0.1) is 0 Å². The topological polar surface area (TPSA) is 49.0 Å². The Hall–Kier alpha value is -2.72. The molecule has 1 N–H and O–H groups in total. The molecule has 0 bridgehead atoms. The first-order chi connectivity index (χ1) is 12.7. The van der Waals surface area contributed by atoms with E-state index < -0.39 is 0 Å². The lowest BCUT2D eigenvalue weighted by Crippen LogP contribution is -2.19. The van der Waals surface area contributed by atoms with Crippen molar-refractivity contribution in [3.8, 4) is 11.3 Å². The van der Waals surface area contributed by atoms with Crippen molar-refractivity contribution in [1.82, 2.24) is 15.1 Å². The minimum Gasteiger partial charge on any atom is -0.302 e. The van der Waals surface area contributed by atoms with Gasteiger partial charge in [-0.2, -0.15) is 5.10 Å².